The second kappa shape index (κ2) is 9.62. The van der Waals surface area contributed by atoms with Crippen molar-refractivity contribution in [3.63, 3.8) is 0 Å². The molecular weight excluding hydrogens is 370 g/mol. The van der Waals surface area contributed by atoms with Crippen LogP contribution in [0, 0.1) is 0 Å². The highest BCUT2D eigenvalue weighted by Crippen LogP contribution is 2.18. The third kappa shape index (κ3) is 5.18. The monoisotopic (exact) mass is 397 g/mol. The Kier molecular flexibility index (Phi) is 6.48. The molecule has 2 saturated heterocycles. The van der Waals surface area contributed by atoms with E-state index in [9.17, 15) is 4.79 Å². The van der Waals surface area contributed by atoms with Crippen molar-refractivity contribution in [3.8, 4) is 0 Å². The van der Waals surface area contributed by atoms with Crippen LogP contribution in [-0.2, 0) is 4.74 Å². The molecule has 1 N–H and O–H groups in total. The molecule has 0 saturated carbocycles. The highest BCUT2D eigenvalue weighted by Gasteiger charge is 2.20. The highest BCUT2D eigenvalue weighted by atomic mass is 16.5. The molecule has 0 spiro atoms. The van der Waals surface area contributed by atoms with Gasteiger partial charge >= 0.3 is 0 Å². The van der Waals surface area contributed by atoms with Gasteiger partial charge < -0.3 is 19.9 Å². The number of rotatable bonds is 6. The molecule has 0 unspecified atom stereocenters. The number of carbonyl (C=O) groups excluding carboxylic acids is 1. The highest BCUT2D eigenvalue weighted by molar-refractivity contribution is 5.93. The van der Waals surface area contributed by atoms with Gasteiger partial charge in [0, 0.05) is 76.6 Å². The van der Waals surface area contributed by atoms with Gasteiger partial charge in [0.1, 0.15) is 5.69 Å². The van der Waals surface area contributed by atoms with Crippen molar-refractivity contribution in [1.29, 1.82) is 0 Å². The molecule has 2 aliphatic heterocycles. The fourth-order valence-corrected chi connectivity index (χ4v) is 3.60. The van der Waals surface area contributed by atoms with Crippen LogP contribution in [0.25, 0.3) is 0 Å². The summed E-state index contributed by atoms with van der Waals surface area (Å²) in [6.07, 6.45) is 5.24. The van der Waals surface area contributed by atoms with Crippen LogP contribution >= 0.6 is 0 Å². The number of piperazine rings is 1. The van der Waals surface area contributed by atoms with Gasteiger partial charge in [-0.05, 0) is 18.2 Å². The summed E-state index contributed by atoms with van der Waals surface area (Å²) >= 11 is 0. The Morgan fingerprint density at radius 1 is 0.966 bits per heavy atom. The largest absolute Gasteiger partial charge is 0.379 e. The van der Waals surface area contributed by atoms with Crippen molar-refractivity contribution in [3.05, 3.63) is 42.5 Å². The minimum absolute atomic E-state index is 0.128. The van der Waals surface area contributed by atoms with Crippen molar-refractivity contribution < 1.29 is 9.53 Å². The zero-order valence-corrected chi connectivity index (χ0v) is 16.5. The molecule has 2 aliphatic rings. The first-order chi connectivity index (χ1) is 14.3. The van der Waals surface area contributed by atoms with E-state index in [1.807, 2.05) is 18.2 Å². The zero-order chi connectivity index (χ0) is 19.9. The summed E-state index contributed by atoms with van der Waals surface area (Å²) < 4.78 is 5.35. The molecule has 29 heavy (non-hydrogen) atoms. The first kappa shape index (κ1) is 19.5. The molecule has 0 aromatic carbocycles. The Morgan fingerprint density at radius 2 is 1.69 bits per heavy atom. The lowest BCUT2D eigenvalue weighted by molar-refractivity contribution is 0.0383. The molecule has 9 nitrogen and oxygen atoms in total. The predicted molar refractivity (Wildman–Crippen MR) is 110 cm³/mol. The van der Waals surface area contributed by atoms with E-state index in [4.69, 9.17) is 4.74 Å². The number of anilines is 2. The fraction of sp³-hybridized carbons (Fsp3) is 0.500. The summed E-state index contributed by atoms with van der Waals surface area (Å²) in [6, 6.07) is 5.65. The van der Waals surface area contributed by atoms with Crippen LogP contribution in [0.3, 0.4) is 0 Å². The summed E-state index contributed by atoms with van der Waals surface area (Å²) in [5.74, 6) is 0.638. The molecule has 4 rings (SSSR count). The lowest BCUT2D eigenvalue weighted by Gasteiger charge is -2.36. The van der Waals surface area contributed by atoms with Gasteiger partial charge in [-0.15, -0.1) is 0 Å². The maximum Gasteiger partial charge on any atom is 0.269 e. The molecule has 9 heteroatoms. The standard InChI is InChI=1S/C20H27N7O2/c28-19(22-6-7-25-12-14-29-15-13-25)18-16-17(2-5-21-18)26-8-10-27(11-9-26)20-23-3-1-4-24-20/h1-5,16H,6-15H2,(H,22,28). The predicted octanol–water partition coefficient (Wildman–Crippen LogP) is 0.260. The Morgan fingerprint density at radius 3 is 2.45 bits per heavy atom. The van der Waals surface area contributed by atoms with E-state index in [0.717, 1.165) is 70.7 Å². The number of amides is 1. The summed E-state index contributed by atoms with van der Waals surface area (Å²) in [6.45, 7) is 8.19. The van der Waals surface area contributed by atoms with E-state index in [2.05, 4.69) is 35.0 Å². The van der Waals surface area contributed by atoms with Gasteiger partial charge in [0.2, 0.25) is 5.95 Å². The number of aromatic nitrogens is 3. The second-order valence-electron chi connectivity index (χ2n) is 7.13. The second-order valence-corrected chi connectivity index (χ2v) is 7.13. The number of nitrogens with zero attached hydrogens (tertiary/aromatic N) is 6. The Labute approximate surface area is 170 Å². The fourth-order valence-electron chi connectivity index (χ4n) is 3.60. The molecule has 0 atom stereocenters. The molecular formula is C20H27N7O2. The number of ether oxygens (including phenoxy) is 1. The van der Waals surface area contributed by atoms with Gasteiger partial charge in [0.25, 0.3) is 5.91 Å². The van der Waals surface area contributed by atoms with Crippen LogP contribution in [0.1, 0.15) is 10.5 Å². The minimum Gasteiger partial charge on any atom is -0.379 e. The molecule has 2 fully saturated rings. The van der Waals surface area contributed by atoms with Crippen LogP contribution in [0.4, 0.5) is 11.6 Å². The average Bonchev–Trinajstić information content (AvgIpc) is 2.80. The minimum atomic E-state index is -0.128. The van der Waals surface area contributed by atoms with Crippen LogP contribution in [0.15, 0.2) is 36.8 Å². The number of nitrogens with one attached hydrogen (secondary N) is 1. The Balaban J connectivity index is 1.28. The molecule has 0 bridgehead atoms. The van der Waals surface area contributed by atoms with Crippen LogP contribution in [0.2, 0.25) is 0 Å². The van der Waals surface area contributed by atoms with Crippen molar-refractivity contribution in [2.24, 2.45) is 0 Å². The first-order valence-corrected chi connectivity index (χ1v) is 10.1. The summed E-state index contributed by atoms with van der Waals surface area (Å²) in [7, 11) is 0. The average molecular weight is 397 g/mol. The van der Waals surface area contributed by atoms with Gasteiger partial charge in [0.05, 0.1) is 13.2 Å². The van der Waals surface area contributed by atoms with Crippen LogP contribution < -0.4 is 15.1 Å². The summed E-state index contributed by atoms with van der Waals surface area (Å²) in [5, 5.41) is 2.98. The molecule has 4 heterocycles. The van der Waals surface area contributed by atoms with Crippen LogP contribution in [-0.4, -0.2) is 91.3 Å². The molecule has 0 radical (unpaired) electrons. The van der Waals surface area contributed by atoms with E-state index in [1.54, 1.807) is 18.6 Å². The Bertz CT molecular complexity index is 790. The summed E-state index contributed by atoms with van der Waals surface area (Å²) in [4.78, 5) is 32.1. The van der Waals surface area contributed by atoms with Gasteiger partial charge in [-0.3, -0.25) is 14.7 Å². The molecule has 0 aliphatic carbocycles. The van der Waals surface area contributed by atoms with E-state index in [0.29, 0.717) is 12.2 Å². The molecule has 154 valence electrons. The first-order valence-electron chi connectivity index (χ1n) is 10.1. The van der Waals surface area contributed by atoms with Gasteiger partial charge in [-0.25, -0.2) is 9.97 Å². The van der Waals surface area contributed by atoms with E-state index >= 15 is 0 Å². The van der Waals surface area contributed by atoms with Gasteiger partial charge in [-0.1, -0.05) is 0 Å². The van der Waals surface area contributed by atoms with Crippen molar-refractivity contribution >= 4 is 17.5 Å². The zero-order valence-electron chi connectivity index (χ0n) is 16.5. The normalized spacial score (nSPS) is 17.9. The quantitative estimate of drug-likeness (QED) is 0.743. The smallest absolute Gasteiger partial charge is 0.269 e. The Hall–Kier alpha value is -2.78. The van der Waals surface area contributed by atoms with E-state index in [1.165, 1.54) is 0 Å². The molecule has 1 amide bonds. The van der Waals surface area contributed by atoms with Crippen LogP contribution in [0.5, 0.6) is 0 Å². The maximum absolute atomic E-state index is 12.5. The van der Waals surface area contributed by atoms with Crippen molar-refractivity contribution in [2.75, 3.05) is 75.4 Å². The van der Waals surface area contributed by atoms with Gasteiger partial charge in [-0.2, -0.15) is 0 Å². The molecule has 2 aromatic rings. The lowest BCUT2D eigenvalue weighted by Crippen LogP contribution is -2.47. The number of hydrogen-bond acceptors (Lipinski definition) is 8. The van der Waals surface area contributed by atoms with Crippen molar-refractivity contribution in [1.82, 2.24) is 25.2 Å². The van der Waals surface area contributed by atoms with E-state index in [-0.39, 0.29) is 5.91 Å². The van der Waals surface area contributed by atoms with E-state index < -0.39 is 0 Å². The third-order valence-electron chi connectivity index (χ3n) is 5.27. The summed E-state index contributed by atoms with van der Waals surface area (Å²) in [5.41, 5.74) is 1.48. The topological polar surface area (TPSA) is 86.7 Å². The number of carbonyl (C=O) groups is 1. The van der Waals surface area contributed by atoms with Gasteiger partial charge in [0.15, 0.2) is 0 Å². The SMILES string of the molecule is O=C(NCCN1CCOCC1)c1cc(N2CCN(c3ncccn3)CC2)ccn1. The maximum atomic E-state index is 12.5. The third-order valence-corrected chi connectivity index (χ3v) is 5.27. The number of hydrogen-bond donors (Lipinski definition) is 1. The number of pyridine rings is 1. The van der Waals surface area contributed by atoms with Crippen molar-refractivity contribution in [2.45, 2.75) is 0 Å². The molecule has 2 aromatic heterocycles. The lowest BCUT2D eigenvalue weighted by atomic mass is 10.2. The number of morpholine rings is 1.